The largest absolute Gasteiger partial charge is 0.370 e. The third kappa shape index (κ3) is 11.4. The van der Waals surface area contributed by atoms with Gasteiger partial charge in [0.2, 0.25) is 47.3 Å². The summed E-state index contributed by atoms with van der Waals surface area (Å²) >= 11 is 0. The quantitative estimate of drug-likeness (QED) is 0.124. The molecule has 6 rings (SSSR count). The van der Waals surface area contributed by atoms with Crippen molar-refractivity contribution in [2.75, 3.05) is 13.1 Å². The Balaban J connectivity index is 1.38. The molecule has 1 aliphatic carbocycles. The molecule has 3 aromatic rings. The fourth-order valence-corrected chi connectivity index (χ4v) is 8.16. The highest BCUT2D eigenvalue weighted by Crippen LogP contribution is 2.31. The van der Waals surface area contributed by atoms with Gasteiger partial charge in [-0.2, -0.15) is 0 Å². The lowest BCUT2D eigenvalue weighted by Crippen LogP contribution is -2.60. The number of allylic oxidation sites excluding steroid dienone is 4. The van der Waals surface area contributed by atoms with Crippen LogP contribution in [0, 0.1) is 5.92 Å². The number of amides is 8. The van der Waals surface area contributed by atoms with Crippen molar-refractivity contribution in [2.24, 2.45) is 23.1 Å². The summed E-state index contributed by atoms with van der Waals surface area (Å²) < 4.78 is 1.59. The van der Waals surface area contributed by atoms with E-state index in [4.69, 9.17) is 17.2 Å². The Labute approximate surface area is 369 Å². The number of nitrogens with one attached hydrogen (secondary N) is 6. The molecule has 12 N–H and O–H groups in total. The molecular formula is C43H57N13O8. The summed E-state index contributed by atoms with van der Waals surface area (Å²) in [6.45, 7) is 3.60. The van der Waals surface area contributed by atoms with Crippen molar-refractivity contribution in [1.82, 2.24) is 51.5 Å². The van der Waals surface area contributed by atoms with Gasteiger partial charge in [0.1, 0.15) is 35.9 Å². The lowest BCUT2D eigenvalue weighted by atomic mass is 9.96. The topological polar surface area (TPSA) is 325 Å². The number of primary amides is 2. The Bertz CT molecular complexity index is 2320. The first-order chi connectivity index (χ1) is 30.6. The number of carbonyl (C=O) groups excluding carboxylic acids is 8. The van der Waals surface area contributed by atoms with Crippen molar-refractivity contribution in [2.45, 2.75) is 114 Å². The van der Waals surface area contributed by atoms with Crippen molar-refractivity contribution in [3.05, 3.63) is 66.1 Å². The van der Waals surface area contributed by atoms with Crippen LogP contribution in [0.2, 0.25) is 0 Å². The molecule has 2 aromatic heterocycles. The highest BCUT2D eigenvalue weighted by Gasteiger charge is 2.45. The predicted octanol–water partition coefficient (Wildman–Crippen LogP) is -1.15. The van der Waals surface area contributed by atoms with Gasteiger partial charge in [-0.1, -0.05) is 61.9 Å². The van der Waals surface area contributed by atoms with Crippen molar-refractivity contribution in [3.63, 3.8) is 0 Å². The Morgan fingerprint density at radius 2 is 1.69 bits per heavy atom. The third-order valence-corrected chi connectivity index (χ3v) is 12.0. The van der Waals surface area contributed by atoms with E-state index in [0.717, 1.165) is 16.5 Å². The SMILES string of the molecule is CC[C@H](C)[C@@H]1NC(=O)[C@H](CC(N)=O)NC(=O)[C@@H](N)CC(=O)NCCCC[C@@H](C(N)=O)NC(=O)[C@H](Cc2c[nH]c3ccccc23)NC(=O)[C@@H]2C[C@H](n3cc(C4=CC=CC4)nn3)CN2C1=O. The van der Waals surface area contributed by atoms with Crippen molar-refractivity contribution < 1.29 is 38.4 Å². The van der Waals surface area contributed by atoms with E-state index in [0.29, 0.717) is 36.9 Å². The Kier molecular flexibility index (Phi) is 15.3. The molecule has 2 saturated heterocycles. The summed E-state index contributed by atoms with van der Waals surface area (Å²) in [6.07, 6.45) is 10.0. The number of aromatic nitrogens is 4. The maximum atomic E-state index is 14.9. The summed E-state index contributed by atoms with van der Waals surface area (Å²) in [4.78, 5) is 113. The molecule has 2 aliphatic heterocycles. The highest BCUT2D eigenvalue weighted by molar-refractivity contribution is 5.99. The standard InChI is InChI=1S/C43H57N13O8/c1-3-23(2)37-43(64)55-21-26(56-22-33(53-54-56)24-10-4-5-11-24)17-34(55)42(63)51-31(16-25-20-48-29-13-7-6-12-27(25)29)40(61)49-30(38(46)59)14-8-9-15-47-36(58)18-28(44)39(60)50-32(19-35(45)57)41(62)52-37/h4-7,10,12-13,20,22-23,26,28,30-32,34,37,48H,3,8-9,11,14-19,21,44H2,1-2H3,(H2,45,57)(H2,46,59)(H,47,58)(H,49,61)(H,50,60)(H,51,63)(H,52,62)/t23-,26-,28-,30-,31-,32-,34-,37-/m0/s1. The van der Waals surface area contributed by atoms with Gasteiger partial charge in [-0.15, -0.1) is 5.10 Å². The van der Waals surface area contributed by atoms with E-state index in [1.54, 1.807) is 30.9 Å². The Morgan fingerprint density at radius 3 is 2.41 bits per heavy atom. The average molecular weight is 884 g/mol. The number of aromatic amines is 1. The maximum absolute atomic E-state index is 14.9. The van der Waals surface area contributed by atoms with Crippen molar-refractivity contribution in [3.8, 4) is 0 Å². The Hall–Kier alpha value is -6.90. The molecule has 0 spiro atoms. The van der Waals surface area contributed by atoms with Crippen LogP contribution in [0.15, 0.2) is 54.9 Å². The molecule has 64 heavy (non-hydrogen) atoms. The number of fused-ring (bicyclic) bond motifs is 2. The van der Waals surface area contributed by atoms with Gasteiger partial charge in [-0.25, -0.2) is 4.68 Å². The summed E-state index contributed by atoms with van der Waals surface area (Å²) in [5.41, 5.74) is 20.3. The van der Waals surface area contributed by atoms with E-state index in [-0.39, 0.29) is 32.4 Å². The first-order valence-electron chi connectivity index (χ1n) is 21.6. The molecule has 342 valence electrons. The number of hydrogen-bond donors (Lipinski definition) is 9. The highest BCUT2D eigenvalue weighted by atomic mass is 16.2. The Morgan fingerprint density at radius 1 is 0.938 bits per heavy atom. The van der Waals surface area contributed by atoms with Crippen LogP contribution < -0.4 is 43.8 Å². The molecular weight excluding hydrogens is 827 g/mol. The minimum absolute atomic E-state index is 0.0144. The second-order valence-corrected chi connectivity index (χ2v) is 16.7. The number of para-hydroxylation sites is 1. The van der Waals surface area contributed by atoms with E-state index < -0.39 is 108 Å². The molecule has 0 saturated carbocycles. The third-order valence-electron chi connectivity index (χ3n) is 12.0. The van der Waals surface area contributed by atoms with E-state index in [2.05, 4.69) is 41.9 Å². The van der Waals surface area contributed by atoms with Gasteiger partial charge in [0.05, 0.1) is 31.1 Å². The smallest absolute Gasteiger partial charge is 0.246 e. The predicted molar refractivity (Wildman–Crippen MR) is 233 cm³/mol. The van der Waals surface area contributed by atoms with Gasteiger partial charge in [0, 0.05) is 43.0 Å². The van der Waals surface area contributed by atoms with Gasteiger partial charge >= 0.3 is 0 Å². The lowest BCUT2D eigenvalue weighted by molar-refractivity contribution is -0.143. The zero-order valence-corrected chi connectivity index (χ0v) is 35.9. The number of hydrogen-bond acceptors (Lipinski definition) is 11. The number of nitrogens with zero attached hydrogens (tertiary/aromatic N) is 4. The number of H-pyrrole nitrogens is 1. The molecule has 0 bridgehead atoms. The van der Waals surface area contributed by atoms with Crippen molar-refractivity contribution in [1.29, 1.82) is 0 Å². The summed E-state index contributed by atoms with van der Waals surface area (Å²) in [7, 11) is 0. The molecule has 8 amide bonds. The van der Waals surface area contributed by atoms with Crippen LogP contribution in [0.4, 0.5) is 0 Å². The van der Waals surface area contributed by atoms with E-state index in [1.807, 2.05) is 42.5 Å². The minimum atomic E-state index is -1.57. The van der Waals surface area contributed by atoms with Gasteiger partial charge < -0.3 is 53.7 Å². The zero-order valence-electron chi connectivity index (χ0n) is 35.9. The second-order valence-electron chi connectivity index (χ2n) is 16.7. The first kappa shape index (κ1) is 46.6. The summed E-state index contributed by atoms with van der Waals surface area (Å²) in [6, 6.07) is -1.06. The number of rotatable bonds is 9. The zero-order chi connectivity index (χ0) is 46.1. The second kappa shape index (κ2) is 21.0. The fraction of sp³-hybridized carbons (Fsp3) is 0.488. The normalized spacial score (nSPS) is 26.3. The van der Waals surface area contributed by atoms with Gasteiger partial charge in [0.15, 0.2) is 0 Å². The molecule has 4 heterocycles. The van der Waals surface area contributed by atoms with Crippen LogP contribution in [0.3, 0.4) is 0 Å². The molecule has 21 nitrogen and oxygen atoms in total. The lowest BCUT2D eigenvalue weighted by Gasteiger charge is -2.33. The van der Waals surface area contributed by atoms with Crippen LogP contribution in [0.5, 0.6) is 0 Å². The molecule has 0 unspecified atom stereocenters. The van der Waals surface area contributed by atoms with Gasteiger partial charge in [0.25, 0.3) is 0 Å². The van der Waals surface area contributed by atoms with Crippen LogP contribution >= 0.6 is 0 Å². The summed E-state index contributed by atoms with van der Waals surface area (Å²) in [5, 5.41) is 22.9. The van der Waals surface area contributed by atoms with Crippen LogP contribution in [0.1, 0.15) is 82.5 Å². The van der Waals surface area contributed by atoms with Crippen molar-refractivity contribution >= 4 is 63.7 Å². The monoisotopic (exact) mass is 883 g/mol. The minimum Gasteiger partial charge on any atom is -0.370 e. The van der Waals surface area contributed by atoms with E-state index in [9.17, 15) is 38.4 Å². The average Bonchev–Trinajstić information content (AvgIpc) is 4.10. The summed E-state index contributed by atoms with van der Waals surface area (Å²) in [5.74, 6) is -6.75. The van der Waals surface area contributed by atoms with Crippen LogP contribution in [0.25, 0.3) is 16.5 Å². The van der Waals surface area contributed by atoms with Gasteiger partial charge in [-0.3, -0.25) is 38.4 Å². The molecule has 8 atom stereocenters. The number of benzene rings is 1. The first-order valence-corrected chi connectivity index (χ1v) is 21.6. The van der Waals surface area contributed by atoms with E-state index >= 15 is 0 Å². The maximum Gasteiger partial charge on any atom is 0.246 e. The molecule has 1 aromatic carbocycles. The number of nitrogens with two attached hydrogens (primary N) is 3. The molecule has 21 heteroatoms. The fourth-order valence-electron chi connectivity index (χ4n) is 8.16. The van der Waals surface area contributed by atoms with Crippen LogP contribution in [-0.2, 0) is 44.8 Å². The number of carbonyl (C=O) groups is 8. The molecule has 0 radical (unpaired) electrons. The van der Waals surface area contributed by atoms with Gasteiger partial charge in [-0.05, 0) is 48.8 Å². The van der Waals surface area contributed by atoms with E-state index in [1.165, 1.54) is 4.90 Å². The molecule has 2 fully saturated rings. The molecule has 3 aliphatic rings. The van der Waals surface area contributed by atoms with Crippen LogP contribution in [-0.4, -0.2) is 121 Å².